The number of nitrogens with zero attached hydrogens (tertiary/aromatic N) is 3. The zero-order valence-corrected chi connectivity index (χ0v) is 13.2. The minimum atomic E-state index is -0.589. The fraction of sp³-hybridized carbons (Fsp3) is 0.714. The van der Waals surface area contributed by atoms with Gasteiger partial charge in [-0.15, -0.1) is 0 Å². The van der Waals surface area contributed by atoms with Gasteiger partial charge < -0.3 is 4.74 Å². The van der Waals surface area contributed by atoms with Gasteiger partial charge in [-0.3, -0.25) is 10.1 Å². The van der Waals surface area contributed by atoms with Gasteiger partial charge in [0.15, 0.2) is 0 Å². The molecule has 1 heterocycles. The Balaban J connectivity index is 2.27. The Labute approximate surface area is 129 Å². The molecule has 1 aromatic rings. The Bertz CT molecular complexity index is 524. The molecule has 3 unspecified atom stereocenters. The standard InChI is InChI=1S/C14H20ClN3O3/c1-8(2)10-5-4-9(3)6-11(10)21-14-12(18(19)20)13(15)16-7-17-14/h7-11H,4-6H2,1-3H3. The Morgan fingerprint density at radius 2 is 2.14 bits per heavy atom. The third-order valence-electron chi connectivity index (χ3n) is 4.15. The van der Waals surface area contributed by atoms with Crippen molar-refractivity contribution in [3.63, 3.8) is 0 Å². The van der Waals surface area contributed by atoms with Gasteiger partial charge in [-0.25, -0.2) is 4.98 Å². The van der Waals surface area contributed by atoms with E-state index in [-0.39, 0.29) is 22.8 Å². The van der Waals surface area contributed by atoms with Gasteiger partial charge in [0.25, 0.3) is 5.88 Å². The Morgan fingerprint density at radius 1 is 1.43 bits per heavy atom. The molecule has 0 spiro atoms. The second-order valence-electron chi connectivity index (χ2n) is 6.06. The summed E-state index contributed by atoms with van der Waals surface area (Å²) in [5.74, 6) is 1.35. The maximum atomic E-state index is 11.1. The predicted octanol–water partition coefficient (Wildman–Crippen LogP) is 3.88. The summed E-state index contributed by atoms with van der Waals surface area (Å²) < 4.78 is 5.90. The number of nitro groups is 1. The van der Waals surface area contributed by atoms with Gasteiger partial charge in [0.05, 0.1) is 4.92 Å². The smallest absolute Gasteiger partial charge is 0.367 e. The Hall–Kier alpha value is -1.43. The molecule has 1 saturated carbocycles. The van der Waals surface area contributed by atoms with E-state index in [1.165, 1.54) is 6.33 Å². The normalized spacial score (nSPS) is 25.9. The molecule has 1 aliphatic rings. The summed E-state index contributed by atoms with van der Waals surface area (Å²) >= 11 is 5.80. The van der Waals surface area contributed by atoms with Crippen molar-refractivity contribution in [2.45, 2.75) is 46.1 Å². The van der Waals surface area contributed by atoms with Crippen LogP contribution in [0.25, 0.3) is 0 Å². The van der Waals surface area contributed by atoms with Crippen LogP contribution in [0.15, 0.2) is 6.33 Å². The van der Waals surface area contributed by atoms with Gasteiger partial charge in [0.2, 0.25) is 5.15 Å². The summed E-state index contributed by atoms with van der Waals surface area (Å²) in [5.41, 5.74) is -0.347. The number of halogens is 1. The Kier molecular flexibility index (Phi) is 4.98. The highest BCUT2D eigenvalue weighted by Crippen LogP contribution is 2.38. The minimum Gasteiger partial charge on any atom is -0.469 e. The fourth-order valence-corrected chi connectivity index (χ4v) is 3.17. The van der Waals surface area contributed by atoms with Crippen LogP contribution in [0.2, 0.25) is 5.15 Å². The molecule has 0 saturated heterocycles. The van der Waals surface area contributed by atoms with E-state index in [4.69, 9.17) is 16.3 Å². The number of aromatic nitrogens is 2. The summed E-state index contributed by atoms with van der Waals surface area (Å²) in [6.07, 6.45) is 4.23. The van der Waals surface area contributed by atoms with E-state index in [1.54, 1.807) is 0 Å². The van der Waals surface area contributed by atoms with Crippen molar-refractivity contribution >= 4 is 17.3 Å². The molecule has 0 radical (unpaired) electrons. The van der Waals surface area contributed by atoms with Crippen LogP contribution in [0.4, 0.5) is 5.69 Å². The van der Waals surface area contributed by atoms with Crippen LogP contribution in [0, 0.1) is 27.9 Å². The van der Waals surface area contributed by atoms with Crippen molar-refractivity contribution in [1.29, 1.82) is 0 Å². The van der Waals surface area contributed by atoms with Gasteiger partial charge in [-0.1, -0.05) is 38.8 Å². The molecular formula is C14H20ClN3O3. The van der Waals surface area contributed by atoms with Crippen molar-refractivity contribution in [3.05, 3.63) is 21.6 Å². The van der Waals surface area contributed by atoms with Crippen LogP contribution >= 0.6 is 11.6 Å². The molecule has 2 rings (SSSR count). The number of rotatable bonds is 4. The number of hydrogen-bond donors (Lipinski definition) is 0. The van der Waals surface area contributed by atoms with Crippen LogP contribution in [0.5, 0.6) is 5.88 Å². The lowest BCUT2D eigenvalue weighted by Crippen LogP contribution is -2.36. The lowest BCUT2D eigenvalue weighted by molar-refractivity contribution is -0.386. The molecule has 6 nitrogen and oxygen atoms in total. The highest BCUT2D eigenvalue weighted by atomic mass is 35.5. The lowest BCUT2D eigenvalue weighted by atomic mass is 9.75. The van der Waals surface area contributed by atoms with Crippen LogP contribution in [0.3, 0.4) is 0 Å². The summed E-state index contributed by atoms with van der Waals surface area (Å²) in [4.78, 5) is 18.1. The van der Waals surface area contributed by atoms with E-state index in [9.17, 15) is 10.1 Å². The Morgan fingerprint density at radius 3 is 2.76 bits per heavy atom. The largest absolute Gasteiger partial charge is 0.469 e. The topological polar surface area (TPSA) is 78.2 Å². The van der Waals surface area contributed by atoms with E-state index >= 15 is 0 Å². The zero-order chi connectivity index (χ0) is 15.6. The molecule has 1 aliphatic carbocycles. The molecule has 0 aromatic carbocycles. The van der Waals surface area contributed by atoms with Crippen molar-refractivity contribution in [2.75, 3.05) is 0 Å². The second-order valence-corrected chi connectivity index (χ2v) is 6.42. The number of hydrogen-bond acceptors (Lipinski definition) is 5. The fourth-order valence-electron chi connectivity index (χ4n) is 2.98. The molecule has 0 amide bonds. The molecule has 7 heteroatoms. The summed E-state index contributed by atoms with van der Waals surface area (Å²) in [6, 6.07) is 0. The third kappa shape index (κ3) is 3.61. The van der Waals surface area contributed by atoms with Crippen LogP contribution in [-0.2, 0) is 0 Å². The van der Waals surface area contributed by atoms with E-state index < -0.39 is 4.92 Å². The maximum absolute atomic E-state index is 11.1. The molecule has 0 aliphatic heterocycles. The van der Waals surface area contributed by atoms with Gasteiger partial charge in [-0.05, 0) is 30.6 Å². The van der Waals surface area contributed by atoms with E-state index in [0.717, 1.165) is 19.3 Å². The average molecular weight is 314 g/mol. The summed E-state index contributed by atoms with van der Waals surface area (Å²) in [6.45, 7) is 6.48. The molecule has 1 aromatic heterocycles. The maximum Gasteiger partial charge on any atom is 0.367 e. The van der Waals surface area contributed by atoms with Crippen molar-refractivity contribution in [3.8, 4) is 5.88 Å². The second kappa shape index (κ2) is 6.56. The average Bonchev–Trinajstić information content (AvgIpc) is 2.37. The van der Waals surface area contributed by atoms with Crippen LogP contribution < -0.4 is 4.74 Å². The first-order chi connectivity index (χ1) is 9.90. The monoisotopic (exact) mass is 313 g/mol. The van der Waals surface area contributed by atoms with E-state index in [0.29, 0.717) is 17.8 Å². The SMILES string of the molecule is CC1CCC(C(C)C)C(Oc2ncnc(Cl)c2[N+](=O)[O-])C1. The molecule has 21 heavy (non-hydrogen) atoms. The van der Waals surface area contributed by atoms with Gasteiger partial charge in [0, 0.05) is 0 Å². The van der Waals surface area contributed by atoms with E-state index in [1.807, 2.05) is 0 Å². The van der Waals surface area contributed by atoms with Gasteiger partial charge >= 0.3 is 5.69 Å². The first-order valence-electron chi connectivity index (χ1n) is 7.21. The molecule has 1 fully saturated rings. The summed E-state index contributed by atoms with van der Waals surface area (Å²) in [7, 11) is 0. The van der Waals surface area contributed by atoms with E-state index in [2.05, 4.69) is 30.7 Å². The van der Waals surface area contributed by atoms with Crippen molar-refractivity contribution < 1.29 is 9.66 Å². The van der Waals surface area contributed by atoms with Crippen molar-refractivity contribution in [1.82, 2.24) is 9.97 Å². The molecule has 0 N–H and O–H groups in total. The van der Waals surface area contributed by atoms with Crippen LogP contribution in [0.1, 0.15) is 40.0 Å². The first-order valence-corrected chi connectivity index (χ1v) is 7.59. The molecule has 116 valence electrons. The van der Waals surface area contributed by atoms with Gasteiger partial charge in [0.1, 0.15) is 12.4 Å². The zero-order valence-electron chi connectivity index (χ0n) is 12.5. The minimum absolute atomic E-state index is 0.0234. The highest BCUT2D eigenvalue weighted by Gasteiger charge is 2.35. The first kappa shape index (κ1) is 15.9. The van der Waals surface area contributed by atoms with Crippen molar-refractivity contribution in [2.24, 2.45) is 17.8 Å². The quantitative estimate of drug-likeness (QED) is 0.479. The molecule has 3 atom stereocenters. The molecule has 0 bridgehead atoms. The van der Waals surface area contributed by atoms with Gasteiger partial charge in [-0.2, -0.15) is 4.98 Å². The number of ether oxygens (including phenoxy) is 1. The van der Waals surface area contributed by atoms with Crippen LogP contribution in [-0.4, -0.2) is 21.0 Å². The highest BCUT2D eigenvalue weighted by molar-refractivity contribution is 6.31. The lowest BCUT2D eigenvalue weighted by Gasteiger charge is -2.36. The third-order valence-corrected chi connectivity index (χ3v) is 4.43. The molecular weight excluding hydrogens is 294 g/mol. The predicted molar refractivity (Wildman–Crippen MR) is 79.5 cm³/mol. The summed E-state index contributed by atoms with van der Waals surface area (Å²) in [5, 5.41) is 10.9.